The predicted molar refractivity (Wildman–Crippen MR) is 69.6 cm³/mol. The molecule has 0 aliphatic rings. The van der Waals surface area contributed by atoms with Gasteiger partial charge in [0.2, 0.25) is 10.0 Å². The van der Waals surface area contributed by atoms with E-state index in [1.807, 2.05) is 0 Å². The maximum Gasteiger partial charge on any atom is 0.208 e. The van der Waals surface area contributed by atoms with Crippen LogP contribution in [0, 0.1) is 0 Å². The topological polar surface area (TPSA) is 97.1 Å². The average Bonchev–Trinajstić information content (AvgIpc) is 2.18. The Labute approximate surface area is 106 Å². The van der Waals surface area contributed by atoms with Gasteiger partial charge < -0.3 is 11.1 Å². The number of anilines is 2. The summed E-state index contributed by atoms with van der Waals surface area (Å²) in [5, 5.41) is 3.48. The highest BCUT2D eigenvalue weighted by molar-refractivity contribution is 7.88. The molecule has 1 aromatic rings. The Hall–Kier alpha value is -1.05. The summed E-state index contributed by atoms with van der Waals surface area (Å²) >= 11 is 5.70. The zero-order valence-corrected chi connectivity index (χ0v) is 11.0. The normalized spacial score (nSPS) is 11.4. The Morgan fingerprint density at radius 3 is 2.76 bits per heavy atom. The highest BCUT2D eigenvalue weighted by atomic mass is 35.5. The highest BCUT2D eigenvalue weighted by Gasteiger charge is 2.02. The van der Waals surface area contributed by atoms with Crippen LogP contribution in [0.4, 0.5) is 11.5 Å². The average molecular weight is 279 g/mol. The Morgan fingerprint density at radius 2 is 2.18 bits per heavy atom. The molecule has 8 heteroatoms. The number of hydrogen-bond acceptors (Lipinski definition) is 5. The van der Waals surface area contributed by atoms with E-state index >= 15 is 0 Å². The third kappa shape index (κ3) is 5.71. The molecule has 0 saturated heterocycles. The van der Waals surface area contributed by atoms with Crippen LogP contribution in [0.1, 0.15) is 6.42 Å². The van der Waals surface area contributed by atoms with Crippen molar-refractivity contribution in [2.24, 2.45) is 0 Å². The first-order valence-electron chi connectivity index (χ1n) is 4.98. The first-order chi connectivity index (χ1) is 7.88. The Balaban J connectivity index is 2.32. The number of nitrogens with zero attached hydrogens (tertiary/aromatic N) is 1. The molecule has 1 heterocycles. The lowest BCUT2D eigenvalue weighted by Gasteiger charge is -2.08. The van der Waals surface area contributed by atoms with E-state index in [0.29, 0.717) is 36.0 Å². The minimum Gasteiger partial charge on any atom is -0.396 e. The van der Waals surface area contributed by atoms with Crippen LogP contribution < -0.4 is 15.8 Å². The summed E-state index contributed by atoms with van der Waals surface area (Å²) < 4.78 is 23.9. The van der Waals surface area contributed by atoms with Crippen LogP contribution in [0.15, 0.2) is 12.3 Å². The Morgan fingerprint density at radius 1 is 1.47 bits per heavy atom. The van der Waals surface area contributed by atoms with E-state index in [1.165, 1.54) is 6.20 Å². The van der Waals surface area contributed by atoms with Crippen LogP contribution in [0.25, 0.3) is 0 Å². The van der Waals surface area contributed by atoms with E-state index in [1.54, 1.807) is 6.07 Å². The fraction of sp³-hybridized carbons (Fsp3) is 0.444. The lowest BCUT2D eigenvalue weighted by atomic mass is 10.3. The number of aromatic nitrogens is 1. The molecule has 0 spiro atoms. The summed E-state index contributed by atoms with van der Waals surface area (Å²) in [6, 6.07) is 1.60. The molecule has 96 valence electrons. The summed E-state index contributed by atoms with van der Waals surface area (Å²) in [6.45, 7) is 0.945. The number of rotatable bonds is 6. The zero-order valence-electron chi connectivity index (χ0n) is 9.40. The largest absolute Gasteiger partial charge is 0.396 e. The molecular weight excluding hydrogens is 264 g/mol. The van der Waals surface area contributed by atoms with Crippen LogP contribution in [0.3, 0.4) is 0 Å². The van der Waals surface area contributed by atoms with Gasteiger partial charge in [0.1, 0.15) is 5.82 Å². The molecule has 0 atom stereocenters. The minimum absolute atomic E-state index is 0.374. The third-order valence-electron chi connectivity index (χ3n) is 1.89. The molecule has 6 nitrogen and oxygen atoms in total. The summed E-state index contributed by atoms with van der Waals surface area (Å²) in [6.07, 6.45) is 3.25. The molecule has 0 aliphatic heterocycles. The predicted octanol–water partition coefficient (Wildman–Crippen LogP) is 0.668. The number of sulfonamides is 1. The maximum absolute atomic E-state index is 10.8. The van der Waals surface area contributed by atoms with Crippen LogP contribution in [-0.4, -0.2) is 32.7 Å². The monoisotopic (exact) mass is 278 g/mol. The molecule has 0 saturated carbocycles. The lowest BCUT2D eigenvalue weighted by molar-refractivity contribution is 0.586. The van der Waals surface area contributed by atoms with Gasteiger partial charge in [0.25, 0.3) is 0 Å². The second-order valence-electron chi connectivity index (χ2n) is 3.54. The van der Waals surface area contributed by atoms with E-state index in [0.717, 1.165) is 6.26 Å². The summed E-state index contributed by atoms with van der Waals surface area (Å²) in [7, 11) is -3.12. The number of pyridine rings is 1. The minimum atomic E-state index is -3.12. The van der Waals surface area contributed by atoms with Crippen molar-refractivity contribution in [3.8, 4) is 0 Å². The molecule has 17 heavy (non-hydrogen) atoms. The van der Waals surface area contributed by atoms with Gasteiger partial charge in [-0.05, 0) is 12.5 Å². The van der Waals surface area contributed by atoms with E-state index in [4.69, 9.17) is 17.3 Å². The van der Waals surface area contributed by atoms with Crippen molar-refractivity contribution in [1.82, 2.24) is 9.71 Å². The van der Waals surface area contributed by atoms with Crippen LogP contribution in [-0.2, 0) is 10.0 Å². The molecule has 1 aromatic heterocycles. The van der Waals surface area contributed by atoms with E-state index < -0.39 is 10.0 Å². The number of hydrogen-bond donors (Lipinski definition) is 3. The van der Waals surface area contributed by atoms with E-state index in [2.05, 4.69) is 15.0 Å². The van der Waals surface area contributed by atoms with Crippen molar-refractivity contribution in [2.45, 2.75) is 6.42 Å². The van der Waals surface area contributed by atoms with Crippen molar-refractivity contribution in [1.29, 1.82) is 0 Å². The summed E-state index contributed by atoms with van der Waals surface area (Å²) in [5.41, 5.74) is 6.15. The van der Waals surface area contributed by atoms with Gasteiger partial charge in [0, 0.05) is 19.3 Å². The van der Waals surface area contributed by atoms with Crippen molar-refractivity contribution in [3.05, 3.63) is 17.3 Å². The van der Waals surface area contributed by atoms with Crippen molar-refractivity contribution >= 4 is 33.1 Å². The first kappa shape index (κ1) is 14.0. The van der Waals surface area contributed by atoms with Gasteiger partial charge in [0.15, 0.2) is 0 Å². The maximum atomic E-state index is 10.8. The fourth-order valence-electron chi connectivity index (χ4n) is 1.16. The smallest absolute Gasteiger partial charge is 0.208 e. The van der Waals surface area contributed by atoms with Crippen LogP contribution in [0.5, 0.6) is 0 Å². The van der Waals surface area contributed by atoms with Gasteiger partial charge >= 0.3 is 0 Å². The molecule has 0 aromatic carbocycles. The SMILES string of the molecule is CS(=O)(=O)NCCCNc1ncc(Cl)cc1N. The molecule has 0 unspecified atom stereocenters. The quantitative estimate of drug-likeness (QED) is 0.665. The van der Waals surface area contributed by atoms with Gasteiger partial charge in [-0.25, -0.2) is 18.1 Å². The molecule has 4 N–H and O–H groups in total. The lowest BCUT2D eigenvalue weighted by Crippen LogP contribution is -2.24. The standard InChI is InChI=1S/C9H15ClN4O2S/c1-17(15,16)14-4-2-3-12-9-8(11)5-7(10)6-13-9/h5-6,14H,2-4,11H2,1H3,(H,12,13). The van der Waals surface area contributed by atoms with Gasteiger partial charge in [-0.15, -0.1) is 0 Å². The summed E-state index contributed by atoms with van der Waals surface area (Å²) in [5.74, 6) is 0.550. The second-order valence-corrected chi connectivity index (χ2v) is 5.81. The molecule has 0 radical (unpaired) electrons. The van der Waals surface area contributed by atoms with Crippen molar-refractivity contribution in [2.75, 3.05) is 30.4 Å². The first-order valence-corrected chi connectivity index (χ1v) is 7.25. The molecular formula is C9H15ClN4O2S. The summed E-state index contributed by atoms with van der Waals surface area (Å²) in [4.78, 5) is 4.02. The molecule has 0 bridgehead atoms. The Kier molecular flexibility index (Phi) is 4.98. The Bertz CT molecular complexity index is 478. The molecule has 1 rings (SSSR count). The highest BCUT2D eigenvalue weighted by Crippen LogP contribution is 2.18. The second kappa shape index (κ2) is 6.04. The number of nitrogens with two attached hydrogens (primary N) is 1. The van der Waals surface area contributed by atoms with Crippen LogP contribution in [0.2, 0.25) is 5.02 Å². The van der Waals surface area contributed by atoms with Gasteiger partial charge in [-0.2, -0.15) is 0 Å². The van der Waals surface area contributed by atoms with Crippen LogP contribution >= 0.6 is 11.6 Å². The van der Waals surface area contributed by atoms with Gasteiger partial charge in [-0.3, -0.25) is 0 Å². The number of halogens is 1. The number of nitrogens with one attached hydrogen (secondary N) is 2. The van der Waals surface area contributed by atoms with Gasteiger partial charge in [-0.1, -0.05) is 11.6 Å². The molecule has 0 aliphatic carbocycles. The molecule has 0 amide bonds. The van der Waals surface area contributed by atoms with E-state index in [-0.39, 0.29) is 0 Å². The third-order valence-corrected chi connectivity index (χ3v) is 2.83. The van der Waals surface area contributed by atoms with Gasteiger partial charge in [0.05, 0.1) is 17.0 Å². The molecule has 0 fully saturated rings. The van der Waals surface area contributed by atoms with Crippen molar-refractivity contribution < 1.29 is 8.42 Å². The number of nitrogen functional groups attached to an aromatic ring is 1. The van der Waals surface area contributed by atoms with E-state index in [9.17, 15) is 8.42 Å². The van der Waals surface area contributed by atoms with Crippen molar-refractivity contribution in [3.63, 3.8) is 0 Å². The fourth-order valence-corrected chi connectivity index (χ4v) is 1.84. The zero-order chi connectivity index (χ0) is 12.9.